The Bertz CT molecular complexity index is 782. The SMILES string of the molecule is Cc1oc2ncn(C)c(=O)c2c1C(=O)N1C[C@@H](C)O[C@@H](C)C1. The number of hydrogen-bond donors (Lipinski definition) is 0. The van der Waals surface area contributed by atoms with Crippen molar-refractivity contribution in [3.63, 3.8) is 0 Å². The number of amides is 1. The molecule has 1 amide bonds. The Balaban J connectivity index is 2.09. The summed E-state index contributed by atoms with van der Waals surface area (Å²) in [5.74, 6) is 0.214. The molecule has 1 fully saturated rings. The summed E-state index contributed by atoms with van der Waals surface area (Å²) in [5, 5.41) is 0.249. The van der Waals surface area contributed by atoms with E-state index in [1.165, 1.54) is 10.9 Å². The molecule has 2 atom stereocenters. The van der Waals surface area contributed by atoms with Crippen LogP contribution in [0, 0.1) is 6.92 Å². The number of nitrogens with zero attached hydrogens (tertiary/aromatic N) is 3. The molecule has 3 heterocycles. The van der Waals surface area contributed by atoms with E-state index in [1.54, 1.807) is 18.9 Å². The zero-order valence-electron chi connectivity index (χ0n) is 13.1. The van der Waals surface area contributed by atoms with Crippen molar-refractivity contribution in [1.82, 2.24) is 14.5 Å². The van der Waals surface area contributed by atoms with Gasteiger partial charge in [-0.1, -0.05) is 0 Å². The first-order chi connectivity index (χ1) is 10.4. The van der Waals surface area contributed by atoms with Gasteiger partial charge in [0, 0.05) is 20.1 Å². The van der Waals surface area contributed by atoms with Crippen molar-refractivity contribution in [2.24, 2.45) is 7.05 Å². The lowest BCUT2D eigenvalue weighted by Gasteiger charge is -2.35. The molecule has 0 spiro atoms. The summed E-state index contributed by atoms with van der Waals surface area (Å²) in [7, 11) is 1.60. The van der Waals surface area contributed by atoms with Crippen LogP contribution in [0.25, 0.3) is 11.1 Å². The minimum absolute atomic E-state index is 0.0351. The van der Waals surface area contributed by atoms with Crippen LogP contribution in [0.2, 0.25) is 0 Å². The maximum atomic E-state index is 12.9. The van der Waals surface area contributed by atoms with E-state index in [4.69, 9.17) is 9.15 Å². The Hall–Kier alpha value is -2.15. The molecule has 22 heavy (non-hydrogen) atoms. The predicted octanol–water partition coefficient (Wildman–Crippen LogP) is 1.08. The summed E-state index contributed by atoms with van der Waals surface area (Å²) in [6.07, 6.45) is 1.32. The van der Waals surface area contributed by atoms with E-state index in [-0.39, 0.29) is 34.8 Å². The molecular weight excluding hydrogens is 286 g/mol. The van der Waals surface area contributed by atoms with Gasteiger partial charge in [0.05, 0.1) is 17.8 Å². The molecule has 0 saturated carbocycles. The molecule has 0 N–H and O–H groups in total. The molecule has 0 aliphatic carbocycles. The van der Waals surface area contributed by atoms with Crippen LogP contribution in [0.3, 0.4) is 0 Å². The molecule has 0 radical (unpaired) electrons. The topological polar surface area (TPSA) is 77.6 Å². The van der Waals surface area contributed by atoms with Gasteiger partial charge in [0.25, 0.3) is 11.5 Å². The molecule has 1 aliphatic rings. The fourth-order valence-corrected chi connectivity index (χ4v) is 2.95. The second-order valence-corrected chi connectivity index (χ2v) is 5.84. The predicted molar refractivity (Wildman–Crippen MR) is 79.9 cm³/mol. The highest BCUT2D eigenvalue weighted by atomic mass is 16.5. The first-order valence-corrected chi connectivity index (χ1v) is 7.28. The van der Waals surface area contributed by atoms with Crippen LogP contribution in [0.15, 0.2) is 15.5 Å². The number of carbonyl (C=O) groups is 1. The lowest BCUT2D eigenvalue weighted by molar-refractivity contribution is -0.0586. The normalized spacial score (nSPS) is 22.3. The number of aryl methyl sites for hydroxylation is 2. The second-order valence-electron chi connectivity index (χ2n) is 5.84. The highest BCUT2D eigenvalue weighted by molar-refractivity contribution is 6.06. The smallest absolute Gasteiger partial charge is 0.265 e. The van der Waals surface area contributed by atoms with Gasteiger partial charge in [0.1, 0.15) is 17.5 Å². The van der Waals surface area contributed by atoms with Crippen LogP contribution in [-0.2, 0) is 11.8 Å². The van der Waals surface area contributed by atoms with Crippen molar-refractivity contribution in [3.05, 3.63) is 28.0 Å². The van der Waals surface area contributed by atoms with Gasteiger partial charge in [0.2, 0.25) is 5.71 Å². The summed E-state index contributed by atoms with van der Waals surface area (Å²) < 4.78 is 12.5. The van der Waals surface area contributed by atoms with Crippen molar-refractivity contribution in [2.75, 3.05) is 13.1 Å². The van der Waals surface area contributed by atoms with E-state index in [0.717, 1.165) is 0 Å². The largest absolute Gasteiger partial charge is 0.442 e. The van der Waals surface area contributed by atoms with Crippen molar-refractivity contribution in [2.45, 2.75) is 33.0 Å². The van der Waals surface area contributed by atoms with E-state index in [0.29, 0.717) is 24.4 Å². The van der Waals surface area contributed by atoms with Gasteiger partial charge >= 0.3 is 0 Å². The summed E-state index contributed by atoms with van der Waals surface area (Å²) in [4.78, 5) is 31.0. The van der Waals surface area contributed by atoms with Gasteiger partial charge in [-0.2, -0.15) is 0 Å². The highest BCUT2D eigenvalue weighted by Gasteiger charge is 2.31. The first kappa shape index (κ1) is 14.8. The molecule has 0 aromatic carbocycles. The molecule has 2 aromatic rings. The summed E-state index contributed by atoms with van der Waals surface area (Å²) >= 11 is 0. The lowest BCUT2D eigenvalue weighted by Crippen LogP contribution is -2.48. The lowest BCUT2D eigenvalue weighted by atomic mass is 10.1. The van der Waals surface area contributed by atoms with E-state index in [9.17, 15) is 9.59 Å². The first-order valence-electron chi connectivity index (χ1n) is 7.28. The number of rotatable bonds is 1. The minimum Gasteiger partial charge on any atom is -0.442 e. The number of fused-ring (bicyclic) bond motifs is 1. The summed E-state index contributed by atoms with van der Waals surface area (Å²) in [6.45, 7) is 6.53. The Morgan fingerprint density at radius 2 is 1.95 bits per heavy atom. The zero-order valence-corrected chi connectivity index (χ0v) is 13.1. The molecule has 1 aliphatic heterocycles. The molecule has 1 saturated heterocycles. The molecule has 0 unspecified atom stereocenters. The van der Waals surface area contributed by atoms with Gasteiger partial charge in [-0.05, 0) is 20.8 Å². The maximum Gasteiger partial charge on any atom is 0.265 e. The molecular formula is C15H19N3O4. The standard InChI is InChI=1S/C15H19N3O4/c1-8-5-18(6-9(2)21-8)15(20)11-10(3)22-13-12(11)14(19)17(4)7-16-13/h7-9H,5-6H2,1-4H3/t8-,9+. The maximum absolute atomic E-state index is 12.9. The van der Waals surface area contributed by atoms with E-state index in [2.05, 4.69) is 4.98 Å². The highest BCUT2D eigenvalue weighted by Crippen LogP contribution is 2.24. The summed E-state index contributed by atoms with van der Waals surface area (Å²) in [6, 6.07) is 0. The molecule has 7 heteroatoms. The van der Waals surface area contributed by atoms with E-state index < -0.39 is 0 Å². The van der Waals surface area contributed by atoms with Crippen molar-refractivity contribution in [1.29, 1.82) is 0 Å². The third-order valence-electron chi connectivity index (χ3n) is 3.87. The molecule has 118 valence electrons. The molecule has 2 aromatic heterocycles. The van der Waals surface area contributed by atoms with E-state index >= 15 is 0 Å². The summed E-state index contributed by atoms with van der Waals surface area (Å²) in [5.41, 5.74) is 0.239. The third kappa shape index (κ3) is 2.31. The van der Waals surface area contributed by atoms with E-state index in [1.807, 2.05) is 13.8 Å². The van der Waals surface area contributed by atoms with Crippen LogP contribution in [0.4, 0.5) is 0 Å². The third-order valence-corrected chi connectivity index (χ3v) is 3.87. The van der Waals surface area contributed by atoms with Gasteiger partial charge in [-0.15, -0.1) is 0 Å². The Morgan fingerprint density at radius 3 is 2.59 bits per heavy atom. The Labute approximate surface area is 127 Å². The fraction of sp³-hybridized carbons (Fsp3) is 0.533. The van der Waals surface area contributed by atoms with Gasteiger partial charge < -0.3 is 18.6 Å². The quantitative estimate of drug-likeness (QED) is 0.788. The zero-order chi connectivity index (χ0) is 16.0. The number of aromatic nitrogens is 2. The van der Waals surface area contributed by atoms with Crippen LogP contribution >= 0.6 is 0 Å². The molecule has 0 bridgehead atoms. The average Bonchev–Trinajstić information content (AvgIpc) is 2.78. The van der Waals surface area contributed by atoms with Crippen molar-refractivity contribution >= 4 is 17.0 Å². The average molecular weight is 305 g/mol. The van der Waals surface area contributed by atoms with Gasteiger partial charge in [-0.3, -0.25) is 9.59 Å². The van der Waals surface area contributed by atoms with Crippen LogP contribution in [0.5, 0.6) is 0 Å². The number of ether oxygens (including phenoxy) is 1. The Morgan fingerprint density at radius 1 is 1.32 bits per heavy atom. The van der Waals surface area contributed by atoms with Crippen LogP contribution < -0.4 is 5.56 Å². The molecule has 3 rings (SSSR count). The minimum atomic E-state index is -0.278. The number of morpholine rings is 1. The Kier molecular flexibility index (Phi) is 3.52. The monoisotopic (exact) mass is 305 g/mol. The second kappa shape index (κ2) is 5.24. The van der Waals surface area contributed by atoms with Crippen molar-refractivity contribution < 1.29 is 13.9 Å². The van der Waals surface area contributed by atoms with Crippen LogP contribution in [0.1, 0.15) is 30.0 Å². The number of carbonyl (C=O) groups excluding carboxylic acids is 1. The van der Waals surface area contributed by atoms with Gasteiger partial charge in [-0.25, -0.2) is 4.98 Å². The fourth-order valence-electron chi connectivity index (χ4n) is 2.95. The van der Waals surface area contributed by atoms with Crippen LogP contribution in [-0.4, -0.2) is 45.7 Å². The number of furan rings is 1. The van der Waals surface area contributed by atoms with Gasteiger partial charge in [0.15, 0.2) is 0 Å². The molecule has 7 nitrogen and oxygen atoms in total. The van der Waals surface area contributed by atoms with Crippen molar-refractivity contribution in [3.8, 4) is 0 Å². The number of hydrogen-bond acceptors (Lipinski definition) is 5.